The number of rotatable bonds is 8. The Kier molecular flexibility index (Phi) is 5.69. The lowest BCUT2D eigenvalue weighted by Crippen LogP contribution is -2.38. The minimum absolute atomic E-state index is 0.216. The molecule has 1 aliphatic heterocycles. The first-order valence-corrected chi connectivity index (χ1v) is 9.65. The molecule has 1 atom stereocenters. The van der Waals surface area contributed by atoms with Crippen LogP contribution in [-0.2, 0) is 9.59 Å². The molecule has 122 valence electrons. The summed E-state index contributed by atoms with van der Waals surface area (Å²) in [6.07, 6.45) is 7.98. The van der Waals surface area contributed by atoms with Crippen molar-refractivity contribution in [3.8, 4) is 0 Å². The molecule has 1 unspecified atom stereocenters. The van der Waals surface area contributed by atoms with Crippen LogP contribution in [0.3, 0.4) is 0 Å². The van der Waals surface area contributed by atoms with E-state index in [0.29, 0.717) is 6.29 Å². The Bertz CT molecular complexity index is 691. The number of fused-ring (bicyclic) bond motifs is 1. The summed E-state index contributed by atoms with van der Waals surface area (Å²) in [6, 6.07) is 1.67. The van der Waals surface area contributed by atoms with E-state index in [9.17, 15) is 9.59 Å². The van der Waals surface area contributed by atoms with Crippen LogP contribution in [-0.4, -0.2) is 61.3 Å². The van der Waals surface area contributed by atoms with Gasteiger partial charge in [0.15, 0.2) is 11.4 Å². The van der Waals surface area contributed by atoms with Gasteiger partial charge in [0.1, 0.15) is 5.65 Å². The molecule has 0 spiro atoms. The van der Waals surface area contributed by atoms with Crippen LogP contribution in [0.25, 0.3) is 5.65 Å². The van der Waals surface area contributed by atoms with Crippen molar-refractivity contribution in [1.82, 2.24) is 19.3 Å². The van der Waals surface area contributed by atoms with E-state index < -0.39 is 0 Å². The van der Waals surface area contributed by atoms with Gasteiger partial charge >= 0.3 is 0 Å². The lowest BCUT2D eigenvalue weighted by Gasteiger charge is -2.20. The summed E-state index contributed by atoms with van der Waals surface area (Å²) in [5.74, 6) is 2.25. The van der Waals surface area contributed by atoms with Crippen molar-refractivity contribution in [3.63, 3.8) is 0 Å². The number of carbonyl (C=O) groups is 2. The molecule has 0 N–H and O–H groups in total. The van der Waals surface area contributed by atoms with Crippen LogP contribution in [0.2, 0.25) is 0 Å². The number of thioether (sulfide) groups is 2. The van der Waals surface area contributed by atoms with Gasteiger partial charge in [-0.25, -0.2) is 9.97 Å². The summed E-state index contributed by atoms with van der Waals surface area (Å²) < 4.78 is 1.99. The van der Waals surface area contributed by atoms with Gasteiger partial charge in [-0.1, -0.05) is 11.8 Å². The Hall–Kier alpha value is -1.38. The quantitative estimate of drug-likeness (QED) is 0.236. The zero-order chi connectivity index (χ0) is 16.1. The van der Waals surface area contributed by atoms with E-state index >= 15 is 0 Å². The van der Waals surface area contributed by atoms with Crippen LogP contribution < -0.4 is 0 Å². The molecule has 1 aliphatic rings. The monoisotopic (exact) mass is 350 g/mol. The standard InChI is InChI=1S/C15H18N4O2S2/c20-9-13(21)12-10-22-11-18(12)6-1-2-8-23-15-17-4-3-14-16-5-7-19(14)15/h3-5,7,9,12H,1-2,6,8,10-11H2. The fourth-order valence-electron chi connectivity index (χ4n) is 2.56. The van der Waals surface area contributed by atoms with Crippen molar-refractivity contribution in [1.29, 1.82) is 0 Å². The van der Waals surface area contributed by atoms with E-state index in [2.05, 4.69) is 14.9 Å². The average Bonchev–Trinajstić information content (AvgIpc) is 3.23. The van der Waals surface area contributed by atoms with Gasteiger partial charge < -0.3 is 0 Å². The summed E-state index contributed by atoms with van der Waals surface area (Å²) in [5.41, 5.74) is 0.909. The molecule has 8 heteroatoms. The van der Waals surface area contributed by atoms with Crippen molar-refractivity contribution < 1.29 is 9.59 Å². The van der Waals surface area contributed by atoms with Crippen LogP contribution in [0.5, 0.6) is 0 Å². The average molecular weight is 350 g/mol. The first kappa shape index (κ1) is 16.5. The van der Waals surface area contributed by atoms with E-state index in [0.717, 1.165) is 47.6 Å². The van der Waals surface area contributed by atoms with Gasteiger partial charge in [0.2, 0.25) is 5.78 Å². The fourth-order valence-corrected chi connectivity index (χ4v) is 4.76. The highest BCUT2D eigenvalue weighted by atomic mass is 32.2. The summed E-state index contributed by atoms with van der Waals surface area (Å²) in [6.45, 7) is 0.862. The number of imidazole rings is 1. The maximum atomic E-state index is 11.6. The summed E-state index contributed by atoms with van der Waals surface area (Å²) in [4.78, 5) is 33.0. The number of Topliss-reactive ketones (excluding diaryl/α,β-unsaturated/α-hetero) is 1. The number of hydrogen-bond acceptors (Lipinski definition) is 7. The molecular formula is C15H18N4O2S2. The van der Waals surface area contributed by atoms with Gasteiger partial charge in [0.25, 0.3) is 0 Å². The predicted molar refractivity (Wildman–Crippen MR) is 91.8 cm³/mol. The third-order valence-corrected chi connectivity index (χ3v) is 5.89. The van der Waals surface area contributed by atoms with Gasteiger partial charge in [0, 0.05) is 36.0 Å². The SMILES string of the molecule is O=CC(=O)C1CSCN1CCCCSc1nccc2nccn12. The number of aldehydes is 1. The zero-order valence-corrected chi connectivity index (χ0v) is 14.3. The van der Waals surface area contributed by atoms with Gasteiger partial charge in [-0.2, -0.15) is 0 Å². The second-order valence-electron chi connectivity index (χ2n) is 5.29. The maximum absolute atomic E-state index is 11.6. The largest absolute Gasteiger partial charge is 0.295 e. The van der Waals surface area contributed by atoms with E-state index in [1.807, 2.05) is 16.7 Å². The lowest BCUT2D eigenvalue weighted by molar-refractivity contribution is -0.132. The van der Waals surface area contributed by atoms with Crippen LogP contribution in [0.4, 0.5) is 0 Å². The molecule has 0 amide bonds. The molecule has 0 radical (unpaired) electrons. The number of hydrogen-bond donors (Lipinski definition) is 0. The molecule has 1 fully saturated rings. The van der Waals surface area contributed by atoms with E-state index in [4.69, 9.17) is 0 Å². The predicted octanol–water partition coefficient (Wildman–Crippen LogP) is 1.74. The molecule has 3 rings (SSSR count). The highest BCUT2D eigenvalue weighted by molar-refractivity contribution is 7.99. The van der Waals surface area contributed by atoms with Crippen LogP contribution in [0.15, 0.2) is 29.8 Å². The first-order chi connectivity index (χ1) is 11.3. The van der Waals surface area contributed by atoms with Gasteiger partial charge in [-0.3, -0.25) is 18.9 Å². The molecule has 1 saturated heterocycles. The van der Waals surface area contributed by atoms with Gasteiger partial charge in [-0.15, -0.1) is 11.8 Å². The summed E-state index contributed by atoms with van der Waals surface area (Å²) in [5, 5.41) is 0.950. The van der Waals surface area contributed by atoms with E-state index in [1.54, 1.807) is 35.9 Å². The number of carbonyl (C=O) groups excluding carboxylic acids is 2. The smallest absolute Gasteiger partial charge is 0.213 e. The summed E-state index contributed by atoms with van der Waals surface area (Å²) in [7, 11) is 0. The Morgan fingerprint density at radius 1 is 1.39 bits per heavy atom. The lowest BCUT2D eigenvalue weighted by atomic mass is 10.2. The van der Waals surface area contributed by atoms with Crippen molar-refractivity contribution in [2.45, 2.75) is 24.0 Å². The Morgan fingerprint density at radius 3 is 3.17 bits per heavy atom. The Balaban J connectivity index is 1.43. The van der Waals surface area contributed by atoms with Crippen molar-refractivity contribution in [3.05, 3.63) is 24.7 Å². The van der Waals surface area contributed by atoms with Crippen LogP contribution >= 0.6 is 23.5 Å². The normalized spacial score (nSPS) is 18.5. The molecule has 3 heterocycles. The molecule has 23 heavy (non-hydrogen) atoms. The molecule has 0 aromatic carbocycles. The third-order valence-electron chi connectivity index (χ3n) is 3.77. The van der Waals surface area contributed by atoms with E-state index in [1.165, 1.54) is 0 Å². The minimum atomic E-state index is -0.291. The molecule has 0 aliphatic carbocycles. The van der Waals surface area contributed by atoms with E-state index in [-0.39, 0.29) is 11.8 Å². The second-order valence-corrected chi connectivity index (χ2v) is 7.35. The molecule has 0 saturated carbocycles. The number of ketones is 1. The van der Waals surface area contributed by atoms with Crippen molar-refractivity contribution in [2.75, 3.05) is 23.9 Å². The Labute approximate surface area is 143 Å². The number of unbranched alkanes of at least 4 members (excludes halogenated alkanes) is 1. The maximum Gasteiger partial charge on any atom is 0.213 e. The zero-order valence-electron chi connectivity index (χ0n) is 12.6. The summed E-state index contributed by atoms with van der Waals surface area (Å²) >= 11 is 3.43. The van der Waals surface area contributed by atoms with Gasteiger partial charge in [0.05, 0.1) is 6.04 Å². The number of aromatic nitrogens is 3. The third kappa shape index (κ3) is 3.94. The van der Waals surface area contributed by atoms with Crippen molar-refractivity contribution >= 4 is 41.2 Å². The molecular weight excluding hydrogens is 332 g/mol. The minimum Gasteiger partial charge on any atom is -0.295 e. The topological polar surface area (TPSA) is 67.6 Å². The van der Waals surface area contributed by atoms with Crippen molar-refractivity contribution in [2.24, 2.45) is 0 Å². The van der Waals surface area contributed by atoms with Crippen LogP contribution in [0.1, 0.15) is 12.8 Å². The highest BCUT2D eigenvalue weighted by Crippen LogP contribution is 2.22. The van der Waals surface area contributed by atoms with Crippen LogP contribution in [0, 0.1) is 0 Å². The molecule has 6 nitrogen and oxygen atoms in total. The molecule has 2 aromatic heterocycles. The second kappa shape index (κ2) is 7.94. The Morgan fingerprint density at radius 2 is 2.30 bits per heavy atom. The number of nitrogens with zero attached hydrogens (tertiary/aromatic N) is 4. The molecule has 0 bridgehead atoms. The molecule has 2 aromatic rings. The van der Waals surface area contributed by atoms with Gasteiger partial charge in [-0.05, 0) is 25.5 Å². The first-order valence-electron chi connectivity index (χ1n) is 7.51. The fraction of sp³-hybridized carbons (Fsp3) is 0.467. The highest BCUT2D eigenvalue weighted by Gasteiger charge is 2.29.